The van der Waals surface area contributed by atoms with Crippen molar-refractivity contribution in [3.63, 3.8) is 0 Å². The zero-order valence-electron chi connectivity index (χ0n) is 34.7. The maximum atomic E-state index is 12.5. The lowest BCUT2D eigenvalue weighted by Gasteiger charge is -2.21. The van der Waals surface area contributed by atoms with Gasteiger partial charge < -0.3 is 18.9 Å². The van der Waals surface area contributed by atoms with E-state index in [1.54, 1.807) is 6.20 Å². The highest BCUT2D eigenvalue weighted by atomic mass is 32.2. The maximum absolute atomic E-state index is 12.5. The molecule has 1 heterocycles. The molecule has 0 fully saturated rings. The van der Waals surface area contributed by atoms with E-state index in [4.69, 9.17) is 9.47 Å². The number of aryl methyl sites for hydroxylation is 1. The third kappa shape index (κ3) is 36.2. The number of rotatable bonds is 42. The van der Waals surface area contributed by atoms with E-state index in [9.17, 15) is 9.59 Å². The molecular formula is C44H83N3O4S2. The lowest BCUT2D eigenvalue weighted by Crippen LogP contribution is -2.31. The molecule has 1 aromatic heterocycles. The van der Waals surface area contributed by atoms with Gasteiger partial charge >= 0.3 is 11.9 Å². The number of hydrogen-bond donors (Lipinski definition) is 0. The Morgan fingerprint density at radius 2 is 0.925 bits per heavy atom. The second-order valence-corrected chi connectivity index (χ2v) is 17.4. The summed E-state index contributed by atoms with van der Waals surface area (Å²) in [5.41, 5.74) is 0. The van der Waals surface area contributed by atoms with Gasteiger partial charge in [-0.2, -0.15) is 23.5 Å². The Balaban J connectivity index is 2.06. The van der Waals surface area contributed by atoms with Crippen LogP contribution >= 0.6 is 23.5 Å². The van der Waals surface area contributed by atoms with Crippen LogP contribution in [-0.4, -0.2) is 82.2 Å². The summed E-state index contributed by atoms with van der Waals surface area (Å²) in [5, 5.41) is 0. The average Bonchev–Trinajstić information content (AvgIpc) is 3.69. The largest absolute Gasteiger partial charge is 0.465 e. The smallest absolute Gasteiger partial charge is 0.307 e. The Kier molecular flexibility index (Phi) is 38.1. The molecule has 310 valence electrons. The predicted octanol–water partition coefficient (Wildman–Crippen LogP) is 12.3. The number of ether oxygens (including phenoxy) is 2. The third-order valence-corrected chi connectivity index (χ3v) is 12.0. The van der Waals surface area contributed by atoms with Crippen molar-refractivity contribution in [2.24, 2.45) is 0 Å². The first-order chi connectivity index (χ1) is 26.2. The molecular weight excluding hydrogens is 699 g/mol. The Morgan fingerprint density at radius 1 is 0.528 bits per heavy atom. The zero-order chi connectivity index (χ0) is 38.1. The van der Waals surface area contributed by atoms with Gasteiger partial charge in [-0.3, -0.25) is 9.59 Å². The van der Waals surface area contributed by atoms with Gasteiger partial charge in [0.05, 0.1) is 19.2 Å². The van der Waals surface area contributed by atoms with Gasteiger partial charge in [0.15, 0.2) is 0 Å². The molecule has 0 saturated heterocycles. The molecule has 0 aliphatic rings. The molecule has 53 heavy (non-hydrogen) atoms. The van der Waals surface area contributed by atoms with Gasteiger partial charge in [-0.1, -0.05) is 155 Å². The summed E-state index contributed by atoms with van der Waals surface area (Å²) < 4.78 is 13.1. The van der Waals surface area contributed by atoms with E-state index in [0.29, 0.717) is 39.1 Å². The molecule has 1 aromatic rings. The minimum absolute atomic E-state index is 0.150. The van der Waals surface area contributed by atoms with Crippen molar-refractivity contribution < 1.29 is 19.1 Å². The van der Waals surface area contributed by atoms with E-state index in [0.717, 1.165) is 42.5 Å². The Bertz CT molecular complexity index is 853. The second-order valence-electron chi connectivity index (χ2n) is 14.9. The van der Waals surface area contributed by atoms with Crippen molar-refractivity contribution in [3.8, 4) is 0 Å². The molecule has 0 amide bonds. The third-order valence-electron chi connectivity index (χ3n) is 9.98. The van der Waals surface area contributed by atoms with Crippen LogP contribution in [0.4, 0.5) is 0 Å². The molecule has 7 nitrogen and oxygen atoms in total. The molecule has 0 unspecified atom stereocenters. The van der Waals surface area contributed by atoms with Crippen LogP contribution in [0.3, 0.4) is 0 Å². The summed E-state index contributed by atoms with van der Waals surface area (Å²) >= 11 is 3.78. The molecule has 1 rings (SSSR count). The molecule has 0 N–H and O–H groups in total. The summed E-state index contributed by atoms with van der Waals surface area (Å²) in [7, 11) is 0. The number of aromatic nitrogens is 2. The highest BCUT2D eigenvalue weighted by molar-refractivity contribution is 7.99. The van der Waals surface area contributed by atoms with Crippen LogP contribution in [0.25, 0.3) is 0 Å². The molecule has 0 spiro atoms. The number of esters is 2. The van der Waals surface area contributed by atoms with Crippen molar-refractivity contribution in [1.29, 1.82) is 0 Å². The van der Waals surface area contributed by atoms with Crippen LogP contribution in [0.5, 0.6) is 0 Å². The fraction of sp³-hybridized carbons (Fsp3) is 0.886. The first-order valence-electron chi connectivity index (χ1n) is 22.3. The van der Waals surface area contributed by atoms with Crippen LogP contribution in [0.1, 0.15) is 187 Å². The van der Waals surface area contributed by atoms with Gasteiger partial charge in [0.2, 0.25) is 0 Å². The van der Waals surface area contributed by atoms with Crippen molar-refractivity contribution in [2.45, 2.75) is 194 Å². The van der Waals surface area contributed by atoms with Gasteiger partial charge in [0, 0.05) is 43.5 Å². The molecule has 0 saturated carbocycles. The summed E-state index contributed by atoms with van der Waals surface area (Å²) in [6, 6.07) is 0. The number of hydrogen-bond acceptors (Lipinski definition) is 8. The summed E-state index contributed by atoms with van der Waals surface area (Å²) in [6.45, 7) is 8.37. The number of imidazole rings is 1. The predicted molar refractivity (Wildman–Crippen MR) is 231 cm³/mol. The zero-order valence-corrected chi connectivity index (χ0v) is 36.3. The molecule has 0 aliphatic heterocycles. The van der Waals surface area contributed by atoms with Crippen LogP contribution < -0.4 is 0 Å². The summed E-state index contributed by atoms with van der Waals surface area (Å²) in [5.74, 6) is 3.72. The van der Waals surface area contributed by atoms with Gasteiger partial charge in [-0.25, -0.2) is 4.98 Å². The Morgan fingerprint density at radius 3 is 1.30 bits per heavy atom. The normalized spacial score (nSPS) is 11.5. The van der Waals surface area contributed by atoms with E-state index >= 15 is 0 Å². The standard InChI is InChI=1S/C44H83N3O4S2/c1-3-5-7-9-11-13-15-17-19-21-23-25-38-52-40-36-50-43(48)28-33-46(31-27-32-47-35-30-45-42-47)34-29-44(49)51-37-41-53-39-26-24-22-20-18-16-14-12-10-8-6-4-2/h30,35,42H,3-29,31-34,36-41H2,1-2H3. The Labute approximate surface area is 336 Å². The average molecular weight is 782 g/mol. The number of carbonyl (C=O) groups is 2. The second kappa shape index (κ2) is 40.5. The first-order valence-corrected chi connectivity index (χ1v) is 24.6. The van der Waals surface area contributed by atoms with Gasteiger partial charge in [0.1, 0.15) is 13.2 Å². The number of nitrogens with zero attached hydrogens (tertiary/aromatic N) is 3. The van der Waals surface area contributed by atoms with Crippen molar-refractivity contribution in [2.75, 3.05) is 55.9 Å². The molecule has 0 aliphatic carbocycles. The van der Waals surface area contributed by atoms with E-state index < -0.39 is 0 Å². The molecule has 0 aromatic carbocycles. The van der Waals surface area contributed by atoms with Crippen molar-refractivity contribution >= 4 is 35.5 Å². The molecule has 0 bridgehead atoms. The van der Waals surface area contributed by atoms with Crippen LogP contribution in [0.15, 0.2) is 18.7 Å². The first kappa shape index (κ1) is 49.8. The van der Waals surface area contributed by atoms with Gasteiger partial charge in [-0.15, -0.1) is 0 Å². The quantitative estimate of drug-likeness (QED) is 0.0480. The monoisotopic (exact) mass is 782 g/mol. The Hall–Kier alpha value is -1.19. The number of carbonyl (C=O) groups excluding carboxylic acids is 2. The molecule has 0 atom stereocenters. The highest BCUT2D eigenvalue weighted by Gasteiger charge is 2.13. The van der Waals surface area contributed by atoms with E-state index in [1.165, 1.54) is 154 Å². The van der Waals surface area contributed by atoms with Crippen molar-refractivity contribution in [3.05, 3.63) is 18.7 Å². The summed E-state index contributed by atoms with van der Waals surface area (Å²) in [4.78, 5) is 31.3. The maximum Gasteiger partial charge on any atom is 0.307 e. The molecule has 9 heteroatoms. The highest BCUT2D eigenvalue weighted by Crippen LogP contribution is 2.15. The van der Waals surface area contributed by atoms with Crippen molar-refractivity contribution in [1.82, 2.24) is 14.5 Å². The fourth-order valence-corrected chi connectivity index (χ4v) is 8.22. The lowest BCUT2D eigenvalue weighted by molar-refractivity contribution is -0.143. The van der Waals surface area contributed by atoms with E-state index in [-0.39, 0.29) is 11.9 Å². The van der Waals surface area contributed by atoms with Crippen LogP contribution in [0.2, 0.25) is 0 Å². The minimum Gasteiger partial charge on any atom is -0.465 e. The van der Waals surface area contributed by atoms with Gasteiger partial charge in [0.25, 0.3) is 0 Å². The lowest BCUT2D eigenvalue weighted by atomic mass is 10.1. The molecule has 0 radical (unpaired) electrons. The van der Waals surface area contributed by atoms with Gasteiger partial charge in [-0.05, 0) is 37.3 Å². The SMILES string of the molecule is CCCCCCCCCCCCCCSCCOC(=O)CCN(CCCn1ccnc1)CCC(=O)OCCSCCCCCCCCCCCCCC. The number of thioether (sulfide) groups is 2. The summed E-state index contributed by atoms with van der Waals surface area (Å²) in [6.07, 6.45) is 40.1. The van der Waals surface area contributed by atoms with E-state index in [2.05, 4.69) is 28.3 Å². The topological polar surface area (TPSA) is 73.7 Å². The minimum atomic E-state index is -0.150. The van der Waals surface area contributed by atoms with E-state index in [1.807, 2.05) is 36.0 Å². The van der Waals surface area contributed by atoms with Crippen LogP contribution in [-0.2, 0) is 25.6 Å². The fourth-order valence-electron chi connectivity index (χ4n) is 6.60. The van der Waals surface area contributed by atoms with Crippen LogP contribution in [0, 0.1) is 0 Å². The number of unbranched alkanes of at least 4 members (excludes halogenated alkanes) is 22.